The lowest BCUT2D eigenvalue weighted by Gasteiger charge is -2.32. The van der Waals surface area contributed by atoms with Crippen molar-refractivity contribution in [3.63, 3.8) is 0 Å². The highest BCUT2D eigenvalue weighted by Crippen LogP contribution is 2.36. The fraction of sp³-hybridized carbons (Fsp3) is 0.273. The molecular weight excluding hydrogens is 406 g/mol. The van der Waals surface area contributed by atoms with Gasteiger partial charge in [-0.1, -0.05) is 36.4 Å². The van der Waals surface area contributed by atoms with Crippen LogP contribution in [0.25, 0.3) is 0 Å². The second-order valence-electron chi connectivity index (χ2n) is 6.71. The molecule has 0 saturated carbocycles. The van der Waals surface area contributed by atoms with E-state index in [2.05, 4.69) is 0 Å². The highest BCUT2D eigenvalue weighted by Gasteiger charge is 2.41. The van der Waals surface area contributed by atoms with E-state index >= 15 is 0 Å². The molecule has 158 valence electrons. The van der Waals surface area contributed by atoms with Crippen LogP contribution in [0.2, 0.25) is 0 Å². The summed E-state index contributed by atoms with van der Waals surface area (Å²) < 4.78 is 37.0. The zero-order chi connectivity index (χ0) is 21.7. The van der Waals surface area contributed by atoms with Gasteiger partial charge < -0.3 is 9.47 Å². The molecule has 7 nitrogen and oxygen atoms in total. The molecule has 0 N–H and O–H groups in total. The number of hydrogen-bond donors (Lipinski definition) is 0. The minimum absolute atomic E-state index is 0.0469. The van der Waals surface area contributed by atoms with Crippen molar-refractivity contribution in [1.82, 2.24) is 4.31 Å². The lowest BCUT2D eigenvalue weighted by atomic mass is 9.82. The van der Waals surface area contributed by atoms with Crippen molar-refractivity contribution in [2.75, 3.05) is 13.7 Å². The van der Waals surface area contributed by atoms with Gasteiger partial charge in [-0.3, -0.25) is 9.59 Å². The first-order valence-corrected chi connectivity index (χ1v) is 10.9. The zero-order valence-electron chi connectivity index (χ0n) is 16.7. The monoisotopic (exact) mass is 429 g/mol. The Bertz CT molecular complexity index is 1030. The van der Waals surface area contributed by atoms with Crippen LogP contribution in [0, 0.1) is 5.92 Å². The van der Waals surface area contributed by atoms with Crippen molar-refractivity contribution in [3.8, 4) is 5.75 Å². The van der Waals surface area contributed by atoms with Crippen LogP contribution in [0.4, 0.5) is 0 Å². The van der Waals surface area contributed by atoms with Crippen LogP contribution in [0.1, 0.15) is 24.8 Å². The molecule has 8 heteroatoms. The Balaban J connectivity index is 1.98. The van der Waals surface area contributed by atoms with Crippen LogP contribution < -0.4 is 4.74 Å². The first-order chi connectivity index (χ1) is 14.4. The number of hydrogen-bond acceptors (Lipinski definition) is 6. The van der Waals surface area contributed by atoms with Gasteiger partial charge in [-0.25, -0.2) is 12.7 Å². The van der Waals surface area contributed by atoms with E-state index in [1.807, 2.05) is 30.3 Å². The second-order valence-corrected chi connectivity index (χ2v) is 8.52. The summed E-state index contributed by atoms with van der Waals surface area (Å²) in [5.74, 6) is -2.06. The number of methoxy groups -OCH3 is 1. The predicted molar refractivity (Wildman–Crippen MR) is 110 cm³/mol. The Kier molecular flexibility index (Phi) is 6.56. The summed E-state index contributed by atoms with van der Waals surface area (Å²) in [5.41, 5.74) is 0.817. The standard InChI is InChI=1S/C22H23NO6S/c1-3-29-21(24)15-20-19(16-7-5-4-6-8-16)13-14-23(22(20)25)30(26,27)18-11-9-17(28-2)10-12-18/h4-14,19-20H,3,15H2,1-2H3/t19-,20+/m1/s1. The van der Waals surface area contributed by atoms with Crippen molar-refractivity contribution in [2.45, 2.75) is 24.2 Å². The first-order valence-electron chi connectivity index (χ1n) is 9.49. The largest absolute Gasteiger partial charge is 0.497 e. The van der Waals surface area contributed by atoms with Crippen molar-refractivity contribution in [1.29, 1.82) is 0 Å². The van der Waals surface area contributed by atoms with Crippen molar-refractivity contribution >= 4 is 21.9 Å². The molecule has 30 heavy (non-hydrogen) atoms. The Morgan fingerprint density at radius 3 is 2.33 bits per heavy atom. The number of nitrogens with zero attached hydrogens (tertiary/aromatic N) is 1. The van der Waals surface area contributed by atoms with E-state index in [1.54, 1.807) is 13.0 Å². The van der Waals surface area contributed by atoms with E-state index in [0.29, 0.717) is 10.1 Å². The SMILES string of the molecule is CCOC(=O)C[C@@H]1C(=O)N(S(=O)(=O)c2ccc(OC)cc2)C=C[C@@H]1c1ccccc1. The van der Waals surface area contributed by atoms with Crippen molar-refractivity contribution < 1.29 is 27.5 Å². The third-order valence-electron chi connectivity index (χ3n) is 4.89. The van der Waals surface area contributed by atoms with Crippen LogP contribution in [0.5, 0.6) is 5.75 Å². The first kappa shape index (κ1) is 21.6. The molecule has 1 amide bonds. The maximum Gasteiger partial charge on any atom is 0.306 e. The number of carbonyl (C=O) groups is 2. The minimum atomic E-state index is -4.13. The quantitative estimate of drug-likeness (QED) is 0.629. The third-order valence-corrected chi connectivity index (χ3v) is 6.58. The van der Waals surface area contributed by atoms with E-state index < -0.39 is 33.7 Å². The number of carbonyl (C=O) groups excluding carboxylic acids is 2. The number of benzene rings is 2. The van der Waals surface area contributed by atoms with Gasteiger partial charge >= 0.3 is 5.97 Å². The molecule has 0 aliphatic carbocycles. The van der Waals surface area contributed by atoms with Gasteiger partial charge in [0.2, 0.25) is 5.91 Å². The molecule has 0 aromatic heterocycles. The topological polar surface area (TPSA) is 90.0 Å². The number of amides is 1. The predicted octanol–water partition coefficient (Wildman–Crippen LogP) is 3.09. The van der Waals surface area contributed by atoms with Crippen molar-refractivity contribution in [3.05, 3.63) is 72.4 Å². The van der Waals surface area contributed by atoms with Gasteiger partial charge in [0.1, 0.15) is 5.75 Å². The molecule has 1 aliphatic heterocycles. The van der Waals surface area contributed by atoms with Crippen LogP contribution in [0.15, 0.2) is 71.8 Å². The molecular formula is C22H23NO6S. The molecule has 0 saturated heterocycles. The zero-order valence-corrected chi connectivity index (χ0v) is 17.5. The van der Waals surface area contributed by atoms with Crippen molar-refractivity contribution in [2.24, 2.45) is 5.92 Å². The van der Waals surface area contributed by atoms with Gasteiger partial charge in [-0.15, -0.1) is 0 Å². The summed E-state index contributed by atoms with van der Waals surface area (Å²) in [6, 6.07) is 14.9. The summed E-state index contributed by atoms with van der Waals surface area (Å²) in [6.07, 6.45) is 2.69. The van der Waals surface area contributed by atoms with Gasteiger partial charge in [0.05, 0.1) is 31.0 Å². The van der Waals surface area contributed by atoms with E-state index in [-0.39, 0.29) is 17.9 Å². The van der Waals surface area contributed by atoms with Gasteiger partial charge in [0.15, 0.2) is 0 Å². The van der Waals surface area contributed by atoms with E-state index in [4.69, 9.17) is 9.47 Å². The maximum atomic E-state index is 13.3. The molecule has 3 rings (SSSR count). The fourth-order valence-corrected chi connectivity index (χ4v) is 4.70. The fourth-order valence-electron chi connectivity index (χ4n) is 3.39. The highest BCUT2D eigenvalue weighted by atomic mass is 32.2. The molecule has 1 aliphatic rings. The number of sulfonamides is 1. The maximum absolute atomic E-state index is 13.3. The summed E-state index contributed by atoms with van der Waals surface area (Å²) >= 11 is 0. The van der Waals surface area contributed by atoms with Gasteiger partial charge in [-0.2, -0.15) is 0 Å². The second kappa shape index (κ2) is 9.13. The molecule has 2 aromatic rings. The third kappa shape index (κ3) is 4.38. The lowest BCUT2D eigenvalue weighted by molar-refractivity contribution is -0.147. The molecule has 1 heterocycles. The number of rotatable bonds is 7. The Morgan fingerprint density at radius 1 is 1.07 bits per heavy atom. The molecule has 2 aromatic carbocycles. The average Bonchev–Trinajstić information content (AvgIpc) is 2.75. The van der Waals surface area contributed by atoms with Crippen LogP contribution in [-0.4, -0.2) is 38.3 Å². The van der Waals surface area contributed by atoms with Gasteiger partial charge in [-0.05, 0) is 36.8 Å². The number of esters is 1. The minimum Gasteiger partial charge on any atom is -0.497 e. The van der Waals surface area contributed by atoms with Crippen LogP contribution in [-0.2, 0) is 24.3 Å². The van der Waals surface area contributed by atoms with Crippen LogP contribution in [0.3, 0.4) is 0 Å². The summed E-state index contributed by atoms with van der Waals surface area (Å²) in [6.45, 7) is 1.86. The Hall–Kier alpha value is -3.13. The summed E-state index contributed by atoms with van der Waals surface area (Å²) in [5, 5.41) is 0. The number of ether oxygens (including phenoxy) is 2. The normalized spacial score (nSPS) is 18.9. The highest BCUT2D eigenvalue weighted by molar-refractivity contribution is 7.89. The van der Waals surface area contributed by atoms with Gasteiger partial charge in [0.25, 0.3) is 10.0 Å². The Morgan fingerprint density at radius 2 is 1.73 bits per heavy atom. The Labute approximate surface area is 176 Å². The molecule has 0 radical (unpaired) electrons. The lowest BCUT2D eigenvalue weighted by Crippen LogP contribution is -2.42. The molecule has 0 spiro atoms. The molecule has 0 unspecified atom stereocenters. The average molecular weight is 429 g/mol. The summed E-state index contributed by atoms with van der Waals surface area (Å²) in [4.78, 5) is 25.4. The smallest absolute Gasteiger partial charge is 0.306 e. The number of allylic oxidation sites excluding steroid dienone is 1. The molecule has 0 bridgehead atoms. The van der Waals surface area contributed by atoms with Gasteiger partial charge in [0, 0.05) is 12.1 Å². The molecule has 2 atom stereocenters. The molecule has 0 fully saturated rings. The van der Waals surface area contributed by atoms with Crippen LogP contribution >= 0.6 is 0 Å². The summed E-state index contributed by atoms with van der Waals surface area (Å²) in [7, 11) is -2.66. The van der Waals surface area contributed by atoms with E-state index in [0.717, 1.165) is 5.56 Å². The van der Waals surface area contributed by atoms with E-state index in [9.17, 15) is 18.0 Å². The van der Waals surface area contributed by atoms with E-state index in [1.165, 1.54) is 37.6 Å².